The number of aliphatic hydroxyl groups is 8. The number of aromatic amines is 1. The van der Waals surface area contributed by atoms with Gasteiger partial charge in [0.25, 0.3) is 5.56 Å². The van der Waals surface area contributed by atoms with Crippen LogP contribution in [-0.4, -0.2) is 193 Å². The third-order valence-corrected chi connectivity index (χ3v) is 16.1. The molecule has 5 heterocycles. The molecule has 3 saturated heterocycles. The highest BCUT2D eigenvalue weighted by Gasteiger charge is 2.52. The zero-order valence-corrected chi connectivity index (χ0v) is 37.0. The summed E-state index contributed by atoms with van der Waals surface area (Å²) in [5.74, 6) is -1.87. The van der Waals surface area contributed by atoms with E-state index in [9.17, 15) is 74.0 Å². The van der Waals surface area contributed by atoms with E-state index in [1.54, 1.807) is 0 Å². The number of nitrogens with zero attached hydrogens (tertiary/aromatic N) is 3. The molecule has 27 nitrogen and oxygen atoms in total. The molecule has 0 aromatic carbocycles. The van der Waals surface area contributed by atoms with E-state index in [4.69, 9.17) is 38.3 Å². The minimum absolute atomic E-state index is 0.0590. The maximum absolute atomic E-state index is 13.0. The van der Waals surface area contributed by atoms with Crippen LogP contribution in [0, 0.1) is 0 Å². The van der Waals surface area contributed by atoms with Crippen molar-refractivity contribution in [1.82, 2.24) is 19.5 Å². The lowest BCUT2D eigenvalue weighted by molar-refractivity contribution is -0.340. The van der Waals surface area contributed by atoms with Gasteiger partial charge in [0.15, 0.2) is 29.6 Å². The van der Waals surface area contributed by atoms with Gasteiger partial charge in [-0.1, -0.05) is 31.8 Å². The lowest BCUT2D eigenvalue weighted by atomic mass is 9.95. The predicted octanol–water partition coefficient (Wildman–Crippen LogP) is -2.52. The van der Waals surface area contributed by atoms with E-state index in [-0.39, 0.29) is 23.7 Å². The fourth-order valence-corrected chi connectivity index (χ4v) is 11.8. The monoisotopic (exact) mass is 981 g/mol. The van der Waals surface area contributed by atoms with Crippen LogP contribution in [0.3, 0.4) is 0 Å². The Morgan fingerprint density at radius 3 is 1.98 bits per heavy atom. The molecular formula is C34H58N5O22P3. The summed E-state index contributed by atoms with van der Waals surface area (Å²) in [6, 6.07) is 0. The van der Waals surface area contributed by atoms with Crippen LogP contribution < -0.4 is 11.3 Å². The van der Waals surface area contributed by atoms with Gasteiger partial charge in [-0.3, -0.25) is 28.0 Å². The van der Waals surface area contributed by atoms with Crippen molar-refractivity contribution in [3.8, 4) is 0 Å². The number of aliphatic hydroxyl groups excluding tert-OH is 8. The fraction of sp³-hybridized carbons (Fsp3) is 0.794. The van der Waals surface area contributed by atoms with Crippen LogP contribution in [0.5, 0.6) is 0 Å². The van der Waals surface area contributed by atoms with E-state index in [0.717, 1.165) is 49.4 Å². The predicted molar refractivity (Wildman–Crippen MR) is 217 cm³/mol. The van der Waals surface area contributed by atoms with Gasteiger partial charge in [0.1, 0.15) is 67.1 Å². The van der Waals surface area contributed by atoms with E-state index in [1.807, 2.05) is 6.08 Å². The molecular weight excluding hydrogens is 923 g/mol. The van der Waals surface area contributed by atoms with Gasteiger partial charge in [0.05, 0.1) is 45.0 Å². The number of H-pyrrole nitrogens is 1. The van der Waals surface area contributed by atoms with E-state index in [2.05, 4.69) is 21.5 Å². The molecule has 2 aromatic heterocycles. The van der Waals surface area contributed by atoms with Gasteiger partial charge in [0.2, 0.25) is 5.95 Å². The number of fused-ring (bicyclic) bond motifs is 1. The molecule has 366 valence electrons. The number of hydrogen-bond acceptors (Lipinski definition) is 22. The minimum atomic E-state index is -5.16. The molecule has 3 unspecified atom stereocenters. The third-order valence-electron chi connectivity index (χ3n) is 10.7. The summed E-state index contributed by atoms with van der Waals surface area (Å²) < 4.78 is 77.0. The van der Waals surface area contributed by atoms with Gasteiger partial charge in [-0.25, -0.2) is 4.98 Å². The summed E-state index contributed by atoms with van der Waals surface area (Å²) in [6.45, 7) is 0.686. The van der Waals surface area contributed by atoms with Gasteiger partial charge < -0.3 is 93.8 Å². The van der Waals surface area contributed by atoms with E-state index in [1.165, 1.54) is 0 Å². The molecule has 64 heavy (non-hydrogen) atoms. The summed E-state index contributed by atoms with van der Waals surface area (Å²) in [7, 11) is -14.6. The number of ether oxygens (including phenoxy) is 4. The Bertz CT molecular complexity index is 2050. The summed E-state index contributed by atoms with van der Waals surface area (Å²) >= 11 is 0. The zero-order chi connectivity index (χ0) is 47.1. The summed E-state index contributed by atoms with van der Waals surface area (Å²) in [4.78, 5) is 53.5. The van der Waals surface area contributed by atoms with Crippen LogP contribution in [-0.2, 0) is 46.2 Å². The SMILES string of the molecule is C=CCCCCCCCCOP(=O)(O)C[C@H]1O[C@H](CO)[C@@H](O[C@@H]2O[C@H](COP(=O)(O)CP(=O)(O)OC[C@H]3O[C@@H](n4cnc5c(=O)[nH]c(N)nc54)[C@H](O)[C@@H]3O)[C@H](O)[C@H](O)[C@H]2O)[C@H](O)[C@@H]1O. The Labute approximate surface area is 364 Å². The third kappa shape index (κ3) is 13.5. The molecule has 2 aromatic rings. The first-order valence-electron chi connectivity index (χ1n) is 20.3. The van der Waals surface area contributed by atoms with Gasteiger partial charge >= 0.3 is 22.8 Å². The van der Waals surface area contributed by atoms with Crippen LogP contribution in [0.25, 0.3) is 11.2 Å². The number of anilines is 1. The molecule has 5 rings (SSSR count). The van der Waals surface area contributed by atoms with Crippen molar-refractivity contribution in [3.63, 3.8) is 0 Å². The lowest BCUT2D eigenvalue weighted by Gasteiger charge is -2.46. The summed E-state index contributed by atoms with van der Waals surface area (Å²) in [5, 5.41) is 84.9. The van der Waals surface area contributed by atoms with E-state index >= 15 is 0 Å². The van der Waals surface area contributed by atoms with Crippen LogP contribution in [0.15, 0.2) is 23.8 Å². The average Bonchev–Trinajstić information content (AvgIpc) is 3.77. The highest BCUT2D eigenvalue weighted by Crippen LogP contribution is 2.58. The molecule has 0 radical (unpaired) electrons. The second kappa shape index (κ2) is 22.8. The first-order chi connectivity index (χ1) is 30.1. The van der Waals surface area contributed by atoms with Crippen LogP contribution in [0.4, 0.5) is 5.95 Å². The van der Waals surface area contributed by atoms with Gasteiger partial charge in [-0.2, -0.15) is 4.98 Å². The van der Waals surface area contributed by atoms with Gasteiger partial charge in [-0.15, -0.1) is 6.58 Å². The van der Waals surface area contributed by atoms with Crippen LogP contribution in [0.2, 0.25) is 0 Å². The summed E-state index contributed by atoms with van der Waals surface area (Å²) in [5.41, 5.74) is 4.58. The second-order valence-corrected chi connectivity index (χ2v) is 21.8. The average molecular weight is 982 g/mol. The van der Waals surface area contributed by atoms with Crippen LogP contribution >= 0.6 is 22.8 Å². The highest BCUT2D eigenvalue weighted by molar-refractivity contribution is 7.70. The van der Waals surface area contributed by atoms with Gasteiger partial charge in [0, 0.05) is 0 Å². The number of nitrogen functional groups attached to an aromatic ring is 1. The molecule has 3 fully saturated rings. The van der Waals surface area contributed by atoms with Crippen molar-refractivity contribution in [2.24, 2.45) is 0 Å². The maximum Gasteiger partial charge on any atom is 0.340 e. The maximum atomic E-state index is 13.0. The van der Waals surface area contributed by atoms with Crippen molar-refractivity contribution in [2.45, 2.75) is 131 Å². The normalized spacial score (nSPS) is 35.2. The van der Waals surface area contributed by atoms with Crippen molar-refractivity contribution < 1.29 is 102 Å². The quantitative estimate of drug-likeness (QED) is 0.0293. The largest absolute Gasteiger partial charge is 0.394 e. The first kappa shape index (κ1) is 52.8. The van der Waals surface area contributed by atoms with E-state index in [0.29, 0.717) is 6.42 Å². The number of hydrogen-bond donors (Lipinski definition) is 13. The lowest BCUT2D eigenvalue weighted by Crippen LogP contribution is -2.64. The van der Waals surface area contributed by atoms with Gasteiger partial charge in [-0.05, 0) is 19.3 Å². The molecule has 3 aliphatic rings. The molecule has 0 saturated carbocycles. The summed E-state index contributed by atoms with van der Waals surface area (Å²) in [6.07, 6.45) is -17.0. The number of imidazole rings is 1. The van der Waals surface area contributed by atoms with E-state index < -0.39 is 146 Å². The first-order valence-corrected chi connectivity index (χ1v) is 25.6. The number of nitrogens with two attached hydrogens (primary N) is 1. The number of nitrogens with one attached hydrogen (secondary N) is 1. The molecule has 0 amide bonds. The second-order valence-electron chi connectivity index (χ2n) is 15.7. The Morgan fingerprint density at radius 1 is 0.750 bits per heavy atom. The fourth-order valence-electron chi connectivity index (χ4n) is 7.30. The number of aromatic nitrogens is 4. The molecule has 30 heteroatoms. The van der Waals surface area contributed by atoms with Crippen molar-refractivity contribution in [2.75, 3.05) is 44.2 Å². The smallest absolute Gasteiger partial charge is 0.340 e. The Hall–Kier alpha value is -2.14. The molecule has 3 aliphatic heterocycles. The Morgan fingerprint density at radius 2 is 1.34 bits per heavy atom. The van der Waals surface area contributed by atoms with Crippen LogP contribution in [0.1, 0.15) is 51.2 Å². The highest BCUT2D eigenvalue weighted by atomic mass is 31.2. The molecule has 0 spiro atoms. The van der Waals surface area contributed by atoms with Crippen molar-refractivity contribution >= 4 is 39.9 Å². The Balaban J connectivity index is 1.11. The molecule has 14 N–H and O–H groups in total. The minimum Gasteiger partial charge on any atom is -0.394 e. The number of rotatable bonds is 24. The molecule has 0 aliphatic carbocycles. The van der Waals surface area contributed by atoms with Crippen molar-refractivity contribution in [3.05, 3.63) is 29.3 Å². The number of unbranched alkanes of at least 4 members (excludes halogenated alkanes) is 6. The van der Waals surface area contributed by atoms with Crippen molar-refractivity contribution in [1.29, 1.82) is 0 Å². The topological polar surface area (TPSA) is 428 Å². The Kier molecular flexibility index (Phi) is 18.8. The molecule has 17 atom stereocenters. The zero-order valence-electron chi connectivity index (χ0n) is 34.3. The standard InChI is InChI=1S/C34H58N5O22P3/c1-2-3-4-5-6-7-8-9-10-55-62(49,50)14-20-24(43)26(45)29(17(11-40)58-20)61-33-28(47)25(44)22(41)19(60-33)13-57-64(53,54)16-63(51,52)56-12-18-23(42)27(46)32(59-18)39-15-36-21-30(39)37-34(35)38-31(21)48/h2,15,17-20,22-29,32-33,40-47H,1,3-14,16H2,(H,49,50)(H,51,52)(H,53,54)(H3,35,37,38,48)/t17-,18-,19-,20-,22+,23-,24-,25+,26-,27-,28-,29-,32-,33+/m1/s1. The molecule has 0 bridgehead atoms. The number of allylic oxidation sites excluding steroid dienone is 1.